The number of nitro benzene ring substituents is 1. The van der Waals surface area contributed by atoms with E-state index in [1.165, 1.54) is 46.8 Å². The third kappa shape index (κ3) is 3.47. The molecule has 4 rings (SSSR count). The van der Waals surface area contributed by atoms with Gasteiger partial charge in [-0.05, 0) is 36.4 Å². The number of carbonyl (C=O) groups is 1. The molecule has 0 saturated carbocycles. The first-order valence-electron chi connectivity index (χ1n) is 8.16. The zero-order chi connectivity index (χ0) is 19.7. The summed E-state index contributed by atoms with van der Waals surface area (Å²) in [6, 6.07) is 14.4. The van der Waals surface area contributed by atoms with Gasteiger partial charge >= 0.3 is 0 Å². The van der Waals surface area contributed by atoms with E-state index in [1.54, 1.807) is 18.2 Å². The van der Waals surface area contributed by atoms with Crippen LogP contribution in [0.4, 0.5) is 10.8 Å². The van der Waals surface area contributed by atoms with Gasteiger partial charge < -0.3 is 4.42 Å². The summed E-state index contributed by atoms with van der Waals surface area (Å²) in [6.45, 7) is 0.167. The molecule has 140 valence electrons. The van der Waals surface area contributed by atoms with E-state index in [9.17, 15) is 14.9 Å². The molecule has 2 aromatic carbocycles. The second kappa shape index (κ2) is 7.41. The Kier molecular flexibility index (Phi) is 4.81. The normalized spacial score (nSPS) is 10.9. The monoisotopic (exact) mass is 413 g/mol. The summed E-state index contributed by atoms with van der Waals surface area (Å²) in [7, 11) is 0. The van der Waals surface area contributed by atoms with Gasteiger partial charge in [0.2, 0.25) is 0 Å². The van der Waals surface area contributed by atoms with Crippen molar-refractivity contribution in [2.45, 2.75) is 6.54 Å². The van der Waals surface area contributed by atoms with Crippen LogP contribution in [0, 0.1) is 10.1 Å². The van der Waals surface area contributed by atoms with E-state index >= 15 is 0 Å². The summed E-state index contributed by atoms with van der Waals surface area (Å²) in [6.07, 6.45) is 1.53. The van der Waals surface area contributed by atoms with Crippen molar-refractivity contribution in [1.82, 2.24) is 4.98 Å². The Bertz CT molecular complexity index is 1160. The van der Waals surface area contributed by atoms with Gasteiger partial charge in [0.25, 0.3) is 11.6 Å². The van der Waals surface area contributed by atoms with Crippen LogP contribution >= 0.6 is 22.9 Å². The number of non-ortho nitro benzene ring substituents is 1. The molecule has 2 heterocycles. The van der Waals surface area contributed by atoms with Crippen molar-refractivity contribution in [3.8, 4) is 0 Å². The molecular weight excluding hydrogens is 402 g/mol. The summed E-state index contributed by atoms with van der Waals surface area (Å²) in [5.41, 5.74) is 0.841. The van der Waals surface area contributed by atoms with Crippen LogP contribution in [0.3, 0.4) is 0 Å². The van der Waals surface area contributed by atoms with Gasteiger partial charge in [-0.15, -0.1) is 0 Å². The van der Waals surface area contributed by atoms with Crippen LogP contribution in [0.15, 0.2) is 65.3 Å². The van der Waals surface area contributed by atoms with Gasteiger partial charge in [0.1, 0.15) is 11.3 Å². The maximum atomic E-state index is 13.2. The number of furan rings is 1. The number of carbonyl (C=O) groups excluding carboxylic acids is 1. The lowest BCUT2D eigenvalue weighted by Crippen LogP contribution is -2.30. The number of nitro groups is 1. The number of amides is 1. The molecular formula is C19H12ClN3O4S. The molecule has 7 nitrogen and oxygen atoms in total. The quantitative estimate of drug-likeness (QED) is 0.327. The van der Waals surface area contributed by atoms with E-state index < -0.39 is 4.92 Å². The van der Waals surface area contributed by atoms with Gasteiger partial charge in [-0.1, -0.05) is 29.0 Å². The van der Waals surface area contributed by atoms with E-state index in [4.69, 9.17) is 16.0 Å². The first-order chi connectivity index (χ1) is 13.5. The molecule has 2 aromatic heterocycles. The number of halogens is 1. The van der Waals surface area contributed by atoms with Crippen molar-refractivity contribution in [2.24, 2.45) is 0 Å². The number of thiazole rings is 1. The molecule has 0 radical (unpaired) electrons. The Morgan fingerprint density at radius 3 is 2.61 bits per heavy atom. The van der Waals surface area contributed by atoms with Crippen molar-refractivity contribution in [1.29, 1.82) is 0 Å². The fourth-order valence-corrected chi connectivity index (χ4v) is 3.95. The fraction of sp³-hybridized carbons (Fsp3) is 0.0526. The fourth-order valence-electron chi connectivity index (χ4n) is 2.68. The van der Waals surface area contributed by atoms with Gasteiger partial charge in [0.15, 0.2) is 5.13 Å². The number of nitrogens with zero attached hydrogens (tertiary/aromatic N) is 3. The van der Waals surface area contributed by atoms with Gasteiger partial charge in [-0.2, -0.15) is 0 Å². The first kappa shape index (κ1) is 18.1. The van der Waals surface area contributed by atoms with E-state index in [1.807, 2.05) is 12.1 Å². The van der Waals surface area contributed by atoms with Crippen molar-refractivity contribution in [3.05, 3.63) is 87.3 Å². The number of rotatable bonds is 5. The lowest BCUT2D eigenvalue weighted by Gasteiger charge is -2.18. The highest BCUT2D eigenvalue weighted by molar-refractivity contribution is 7.22. The minimum absolute atomic E-state index is 0.0825. The maximum absolute atomic E-state index is 13.2. The molecule has 9 heteroatoms. The molecule has 0 spiro atoms. The molecule has 0 N–H and O–H groups in total. The lowest BCUT2D eigenvalue weighted by atomic mass is 10.2. The van der Waals surface area contributed by atoms with Crippen molar-refractivity contribution in [3.63, 3.8) is 0 Å². The van der Waals surface area contributed by atoms with Crippen LogP contribution in [-0.2, 0) is 6.54 Å². The Hall–Kier alpha value is -3.23. The summed E-state index contributed by atoms with van der Waals surface area (Å²) in [4.78, 5) is 29.5. The van der Waals surface area contributed by atoms with E-state index in [2.05, 4.69) is 4.98 Å². The van der Waals surface area contributed by atoms with Crippen LogP contribution in [-0.4, -0.2) is 15.8 Å². The smallest absolute Gasteiger partial charge is 0.269 e. The van der Waals surface area contributed by atoms with Gasteiger partial charge in [0, 0.05) is 17.7 Å². The highest BCUT2D eigenvalue weighted by Crippen LogP contribution is 2.34. The van der Waals surface area contributed by atoms with E-state index in [0.29, 0.717) is 27.0 Å². The minimum atomic E-state index is -0.510. The zero-order valence-corrected chi connectivity index (χ0v) is 15.8. The summed E-state index contributed by atoms with van der Waals surface area (Å²) >= 11 is 7.55. The topological polar surface area (TPSA) is 89.5 Å². The molecule has 0 fully saturated rings. The number of aromatic nitrogens is 1. The lowest BCUT2D eigenvalue weighted by molar-refractivity contribution is -0.384. The van der Waals surface area contributed by atoms with Crippen molar-refractivity contribution < 1.29 is 14.1 Å². The molecule has 4 aromatic rings. The van der Waals surface area contributed by atoms with Crippen LogP contribution in [0.25, 0.3) is 10.2 Å². The Morgan fingerprint density at radius 1 is 1.18 bits per heavy atom. The van der Waals surface area contributed by atoms with Crippen LogP contribution in [0.2, 0.25) is 5.02 Å². The maximum Gasteiger partial charge on any atom is 0.269 e. The summed E-state index contributed by atoms with van der Waals surface area (Å²) < 4.78 is 6.24. The van der Waals surface area contributed by atoms with E-state index in [-0.39, 0.29) is 18.1 Å². The second-order valence-corrected chi connectivity index (χ2v) is 7.27. The van der Waals surface area contributed by atoms with Gasteiger partial charge in [-0.3, -0.25) is 19.8 Å². The number of para-hydroxylation sites is 1. The third-order valence-electron chi connectivity index (χ3n) is 4.05. The minimum Gasteiger partial charge on any atom is -0.467 e. The first-order valence-corrected chi connectivity index (χ1v) is 9.36. The molecule has 0 aliphatic heterocycles. The molecule has 0 unspecified atom stereocenters. The summed E-state index contributed by atoms with van der Waals surface area (Å²) in [5.74, 6) is 0.238. The number of benzene rings is 2. The molecule has 28 heavy (non-hydrogen) atoms. The van der Waals surface area contributed by atoms with Crippen molar-refractivity contribution in [2.75, 3.05) is 4.90 Å². The molecule has 0 aliphatic rings. The van der Waals surface area contributed by atoms with Gasteiger partial charge in [-0.25, -0.2) is 4.98 Å². The molecule has 0 atom stereocenters. The highest BCUT2D eigenvalue weighted by Gasteiger charge is 2.23. The molecule has 1 amide bonds. The predicted molar refractivity (Wildman–Crippen MR) is 107 cm³/mol. The van der Waals surface area contributed by atoms with Crippen molar-refractivity contribution >= 4 is 49.9 Å². The van der Waals surface area contributed by atoms with Crippen LogP contribution in [0.5, 0.6) is 0 Å². The van der Waals surface area contributed by atoms with Crippen LogP contribution < -0.4 is 4.90 Å². The number of anilines is 1. The number of hydrogen-bond acceptors (Lipinski definition) is 6. The van der Waals surface area contributed by atoms with E-state index in [0.717, 1.165) is 4.70 Å². The zero-order valence-electron chi connectivity index (χ0n) is 14.2. The molecule has 0 saturated heterocycles. The van der Waals surface area contributed by atoms with Crippen LogP contribution in [0.1, 0.15) is 16.1 Å². The average molecular weight is 414 g/mol. The van der Waals surface area contributed by atoms with Gasteiger partial charge in [0.05, 0.1) is 27.5 Å². The predicted octanol–water partition coefficient (Wildman–Crippen LogP) is 5.30. The third-order valence-corrected chi connectivity index (χ3v) is 5.40. The Balaban J connectivity index is 1.74. The number of hydrogen-bond donors (Lipinski definition) is 0. The molecule has 0 bridgehead atoms. The average Bonchev–Trinajstić information content (AvgIpc) is 3.36. The Labute approximate surface area is 167 Å². The summed E-state index contributed by atoms with van der Waals surface area (Å²) in [5, 5.41) is 11.8. The molecule has 0 aliphatic carbocycles. The number of fused-ring (bicyclic) bond motifs is 1. The standard InChI is InChI=1S/C19H12ClN3O4S/c20-15-4-1-5-16-17(15)21-19(28-16)22(11-14-3-2-10-27-14)18(24)12-6-8-13(9-7-12)23(25)26/h1-10H,11H2. The highest BCUT2D eigenvalue weighted by atomic mass is 35.5. The Morgan fingerprint density at radius 2 is 1.96 bits per heavy atom. The largest absolute Gasteiger partial charge is 0.467 e. The SMILES string of the molecule is O=C(c1ccc([N+](=O)[O-])cc1)N(Cc1ccco1)c1nc2c(Cl)cccc2s1. The second-order valence-electron chi connectivity index (χ2n) is 5.86.